The van der Waals surface area contributed by atoms with Gasteiger partial charge in [-0.15, -0.1) is 0 Å². The fourth-order valence-corrected chi connectivity index (χ4v) is 3.10. The molecule has 0 spiro atoms. The number of hydrogen-bond acceptors (Lipinski definition) is 3. The number of hydrogen-bond donors (Lipinski definition) is 2. The third kappa shape index (κ3) is 3.22. The van der Waals surface area contributed by atoms with E-state index in [0.29, 0.717) is 0 Å². The summed E-state index contributed by atoms with van der Waals surface area (Å²) >= 11 is 0. The summed E-state index contributed by atoms with van der Waals surface area (Å²) in [5, 5.41) is 0. The summed E-state index contributed by atoms with van der Waals surface area (Å²) in [6, 6.07) is 8.83. The third-order valence-corrected chi connectivity index (χ3v) is 4.44. The van der Waals surface area contributed by atoms with Crippen molar-refractivity contribution in [2.75, 3.05) is 7.11 Å². The molecule has 3 N–H and O–H groups in total. The molecule has 1 saturated carbocycles. The first-order chi connectivity index (χ1) is 9.47. The minimum Gasteiger partial charge on any atom is -0.379 e. The summed E-state index contributed by atoms with van der Waals surface area (Å²) in [6.07, 6.45) is 4.02. The Kier molecular flexibility index (Phi) is 4.84. The van der Waals surface area contributed by atoms with Crippen molar-refractivity contribution in [2.24, 2.45) is 11.3 Å². The first-order valence-electron chi connectivity index (χ1n) is 7.56. The van der Waals surface area contributed by atoms with Crippen LogP contribution in [0.2, 0.25) is 0 Å². The summed E-state index contributed by atoms with van der Waals surface area (Å²) in [6.45, 7) is 6.55. The van der Waals surface area contributed by atoms with Gasteiger partial charge in [-0.2, -0.15) is 0 Å². The van der Waals surface area contributed by atoms with Gasteiger partial charge in [0.25, 0.3) is 0 Å². The smallest absolute Gasteiger partial charge is 0.0827 e. The summed E-state index contributed by atoms with van der Waals surface area (Å²) in [7, 11) is 1.76. The van der Waals surface area contributed by atoms with Crippen LogP contribution in [0.25, 0.3) is 0 Å². The van der Waals surface area contributed by atoms with Crippen molar-refractivity contribution in [3.8, 4) is 0 Å². The van der Waals surface area contributed by atoms with E-state index in [1.807, 2.05) is 0 Å². The molecule has 0 heterocycles. The fraction of sp³-hybridized carbons (Fsp3) is 0.647. The molecule has 112 valence electrons. The quantitative estimate of drug-likeness (QED) is 0.639. The maximum atomic E-state index is 5.82. The summed E-state index contributed by atoms with van der Waals surface area (Å²) in [5.41, 5.74) is 5.64. The number of nitrogens with one attached hydrogen (secondary N) is 1. The van der Waals surface area contributed by atoms with Gasteiger partial charge in [-0.3, -0.25) is 11.3 Å². The van der Waals surface area contributed by atoms with Gasteiger partial charge in [0.2, 0.25) is 0 Å². The maximum absolute atomic E-state index is 5.82. The zero-order chi connectivity index (χ0) is 14.8. The van der Waals surface area contributed by atoms with Crippen molar-refractivity contribution in [2.45, 2.75) is 58.1 Å². The van der Waals surface area contributed by atoms with Gasteiger partial charge in [0.15, 0.2) is 0 Å². The van der Waals surface area contributed by atoms with Gasteiger partial charge in [-0.1, -0.05) is 51.5 Å². The largest absolute Gasteiger partial charge is 0.379 e. The van der Waals surface area contributed by atoms with E-state index in [1.165, 1.54) is 30.4 Å². The fourth-order valence-electron chi connectivity index (χ4n) is 3.10. The number of methoxy groups -OCH3 is 1. The highest BCUT2D eigenvalue weighted by molar-refractivity contribution is 5.30. The zero-order valence-corrected chi connectivity index (χ0v) is 13.1. The lowest BCUT2D eigenvalue weighted by Gasteiger charge is -2.36. The van der Waals surface area contributed by atoms with E-state index >= 15 is 0 Å². The van der Waals surface area contributed by atoms with E-state index in [2.05, 4.69) is 50.5 Å². The molecule has 0 aliphatic heterocycles. The van der Waals surface area contributed by atoms with Gasteiger partial charge >= 0.3 is 0 Å². The molecule has 1 aromatic rings. The zero-order valence-electron chi connectivity index (χ0n) is 13.1. The molecule has 0 saturated heterocycles. The highest BCUT2D eigenvalue weighted by atomic mass is 16.5. The van der Waals surface area contributed by atoms with Crippen LogP contribution in [-0.4, -0.2) is 13.2 Å². The molecule has 1 aromatic carbocycles. The highest BCUT2D eigenvalue weighted by Crippen LogP contribution is 2.38. The van der Waals surface area contributed by atoms with Crippen molar-refractivity contribution < 1.29 is 4.74 Å². The van der Waals surface area contributed by atoms with Crippen LogP contribution >= 0.6 is 0 Å². The van der Waals surface area contributed by atoms with Crippen molar-refractivity contribution in [3.63, 3.8) is 0 Å². The maximum Gasteiger partial charge on any atom is 0.0827 e. The monoisotopic (exact) mass is 276 g/mol. The van der Waals surface area contributed by atoms with E-state index in [4.69, 9.17) is 10.6 Å². The lowest BCUT2D eigenvalue weighted by Crippen LogP contribution is -2.44. The molecule has 1 aliphatic rings. The molecule has 1 fully saturated rings. The van der Waals surface area contributed by atoms with Gasteiger partial charge in [0, 0.05) is 7.11 Å². The van der Waals surface area contributed by atoms with Crippen LogP contribution in [0.1, 0.15) is 63.1 Å². The topological polar surface area (TPSA) is 47.3 Å². The predicted molar refractivity (Wildman–Crippen MR) is 83.4 cm³/mol. The van der Waals surface area contributed by atoms with Crippen LogP contribution in [0.5, 0.6) is 0 Å². The predicted octanol–water partition coefficient (Wildman–Crippen LogP) is 3.52. The number of benzene rings is 1. The van der Waals surface area contributed by atoms with Crippen molar-refractivity contribution >= 4 is 0 Å². The van der Waals surface area contributed by atoms with Crippen LogP contribution in [0, 0.1) is 5.41 Å². The minimum atomic E-state index is 0.0139. The molecule has 1 aliphatic carbocycles. The van der Waals surface area contributed by atoms with Crippen molar-refractivity contribution in [1.82, 2.24) is 5.43 Å². The summed E-state index contributed by atoms with van der Waals surface area (Å²) < 4.78 is 5.72. The van der Waals surface area contributed by atoms with Crippen molar-refractivity contribution in [3.05, 3.63) is 35.4 Å². The van der Waals surface area contributed by atoms with Gasteiger partial charge < -0.3 is 4.74 Å². The van der Waals surface area contributed by atoms with E-state index in [-0.39, 0.29) is 17.6 Å². The number of rotatable bonds is 5. The first-order valence-corrected chi connectivity index (χ1v) is 7.56. The van der Waals surface area contributed by atoms with Crippen LogP contribution in [-0.2, 0) is 4.74 Å². The van der Waals surface area contributed by atoms with Crippen LogP contribution in [0.3, 0.4) is 0 Å². The SMILES string of the molecule is COC(C(NN)c1cccc(C2CCC2)c1)C(C)(C)C. The Labute approximate surface area is 122 Å². The third-order valence-electron chi connectivity index (χ3n) is 4.44. The molecule has 2 unspecified atom stereocenters. The molecule has 0 amide bonds. The Morgan fingerprint density at radius 3 is 2.45 bits per heavy atom. The Balaban J connectivity index is 2.26. The average molecular weight is 276 g/mol. The standard InChI is InChI=1S/C17H28N2O/c1-17(2,3)16(20-4)15(19-18)14-10-6-9-13(11-14)12-7-5-8-12/h6,9-12,15-16,19H,5,7-8,18H2,1-4H3. The summed E-state index contributed by atoms with van der Waals surface area (Å²) in [5.74, 6) is 6.56. The van der Waals surface area contributed by atoms with E-state index < -0.39 is 0 Å². The molecule has 0 radical (unpaired) electrons. The van der Waals surface area contributed by atoms with E-state index in [1.54, 1.807) is 7.11 Å². The molecule has 3 nitrogen and oxygen atoms in total. The normalized spacial score (nSPS) is 19.4. The second-order valence-corrected chi connectivity index (χ2v) is 6.96. The number of nitrogens with two attached hydrogens (primary N) is 1. The Morgan fingerprint density at radius 2 is 2.00 bits per heavy atom. The minimum absolute atomic E-state index is 0.0139. The Bertz CT molecular complexity index is 435. The number of ether oxygens (including phenoxy) is 1. The molecule has 2 atom stereocenters. The molecule has 2 rings (SSSR count). The molecular weight excluding hydrogens is 248 g/mol. The van der Waals surface area contributed by atoms with Gasteiger partial charge in [-0.25, -0.2) is 0 Å². The highest BCUT2D eigenvalue weighted by Gasteiger charge is 2.33. The lowest BCUT2D eigenvalue weighted by molar-refractivity contribution is -0.0120. The average Bonchev–Trinajstić information content (AvgIpc) is 2.32. The molecule has 0 aromatic heterocycles. The van der Waals surface area contributed by atoms with Crippen LogP contribution in [0.4, 0.5) is 0 Å². The second-order valence-electron chi connectivity index (χ2n) is 6.96. The van der Waals surface area contributed by atoms with Crippen molar-refractivity contribution in [1.29, 1.82) is 0 Å². The Morgan fingerprint density at radius 1 is 1.30 bits per heavy atom. The van der Waals surface area contributed by atoms with Gasteiger partial charge in [0.1, 0.15) is 0 Å². The first kappa shape index (κ1) is 15.5. The molecule has 3 heteroatoms. The molecular formula is C17H28N2O. The van der Waals surface area contributed by atoms with Gasteiger partial charge in [-0.05, 0) is 35.3 Å². The molecule has 0 bridgehead atoms. The summed E-state index contributed by atoms with van der Waals surface area (Å²) in [4.78, 5) is 0. The molecule has 20 heavy (non-hydrogen) atoms. The lowest BCUT2D eigenvalue weighted by atomic mass is 9.78. The second kappa shape index (κ2) is 6.25. The van der Waals surface area contributed by atoms with E-state index in [9.17, 15) is 0 Å². The number of hydrazine groups is 1. The van der Waals surface area contributed by atoms with Crippen LogP contribution < -0.4 is 11.3 Å². The van der Waals surface area contributed by atoms with Crippen LogP contribution in [0.15, 0.2) is 24.3 Å². The van der Waals surface area contributed by atoms with E-state index in [0.717, 1.165) is 5.92 Å². The Hall–Kier alpha value is -0.900. The van der Waals surface area contributed by atoms with Gasteiger partial charge in [0.05, 0.1) is 12.1 Å².